The average molecular weight is 458 g/mol. The molecule has 6 heteroatoms. The number of hydrogen-bond acceptors (Lipinski definition) is 4. The lowest BCUT2D eigenvalue weighted by atomic mass is 9.74. The van der Waals surface area contributed by atoms with Crippen LogP contribution in [0.2, 0.25) is 5.02 Å². The van der Waals surface area contributed by atoms with Gasteiger partial charge in [-0.3, -0.25) is 4.79 Å². The lowest BCUT2D eigenvalue weighted by molar-refractivity contribution is -0.150. The van der Waals surface area contributed by atoms with E-state index in [4.69, 9.17) is 16.3 Å². The van der Waals surface area contributed by atoms with Crippen molar-refractivity contribution in [1.29, 1.82) is 0 Å². The van der Waals surface area contributed by atoms with Crippen LogP contribution in [0.3, 0.4) is 0 Å². The second-order valence-electron chi connectivity index (χ2n) is 10.3. The van der Waals surface area contributed by atoms with E-state index in [2.05, 4.69) is 25.5 Å². The third kappa shape index (κ3) is 7.74. The van der Waals surface area contributed by atoms with E-state index in [1.54, 1.807) is 0 Å². The fourth-order valence-corrected chi connectivity index (χ4v) is 5.45. The number of rotatable bonds is 10. The van der Waals surface area contributed by atoms with E-state index in [9.17, 15) is 9.35 Å². The van der Waals surface area contributed by atoms with Crippen molar-refractivity contribution in [1.82, 2.24) is 4.72 Å². The number of benzene rings is 1. The molecule has 0 saturated heterocycles. The Hall–Kier alpha value is -0.750. The Bertz CT molecular complexity index is 702. The highest BCUT2D eigenvalue weighted by Crippen LogP contribution is 2.38. The number of ether oxygens (including phenoxy) is 1. The van der Waals surface area contributed by atoms with Gasteiger partial charge in [0.1, 0.15) is 5.75 Å². The second-order valence-corrected chi connectivity index (χ2v) is 12.0. The molecule has 0 fully saturated rings. The predicted octanol–water partition coefficient (Wildman–Crippen LogP) is 5.89. The monoisotopic (exact) mass is 457 g/mol. The van der Waals surface area contributed by atoms with Gasteiger partial charge in [-0.05, 0) is 54.2 Å². The van der Waals surface area contributed by atoms with Crippen LogP contribution in [0.15, 0.2) is 18.2 Å². The van der Waals surface area contributed by atoms with Crippen molar-refractivity contribution in [3.8, 4) is 0 Å². The summed E-state index contributed by atoms with van der Waals surface area (Å²) in [5.41, 5.74) is 1.26. The van der Waals surface area contributed by atoms with Crippen LogP contribution in [-0.4, -0.2) is 23.4 Å². The van der Waals surface area contributed by atoms with E-state index in [1.165, 1.54) is 7.11 Å². The zero-order chi connectivity index (χ0) is 23.3. The molecule has 0 spiro atoms. The lowest BCUT2D eigenvalue weighted by Gasteiger charge is -2.39. The van der Waals surface area contributed by atoms with Gasteiger partial charge in [0, 0.05) is 16.4 Å². The molecule has 0 radical (unpaired) electrons. The van der Waals surface area contributed by atoms with E-state index in [1.807, 2.05) is 52.8 Å². The van der Waals surface area contributed by atoms with Gasteiger partial charge in [-0.15, -0.1) is 4.72 Å². The number of carbonyl (C=O) groups is 1. The van der Waals surface area contributed by atoms with E-state index in [-0.39, 0.29) is 23.2 Å². The van der Waals surface area contributed by atoms with Gasteiger partial charge in [0.2, 0.25) is 0 Å². The fraction of sp³-hybridized carbons (Fsp3) is 0.708. The molecule has 4 nitrogen and oxygen atoms in total. The summed E-state index contributed by atoms with van der Waals surface area (Å²) in [6, 6.07) is 5.95. The van der Waals surface area contributed by atoms with Gasteiger partial charge in [0.15, 0.2) is 0 Å². The van der Waals surface area contributed by atoms with Gasteiger partial charge in [-0.1, -0.05) is 72.2 Å². The molecular formula is C24H40ClNO3S. The summed E-state index contributed by atoms with van der Waals surface area (Å²) in [7, 11) is 1.39. The summed E-state index contributed by atoms with van der Waals surface area (Å²) in [6.07, 6.45) is 1.91. The molecule has 30 heavy (non-hydrogen) atoms. The van der Waals surface area contributed by atoms with Gasteiger partial charge in [0.25, 0.3) is 0 Å². The van der Waals surface area contributed by atoms with Gasteiger partial charge in [-0.2, -0.15) is 0 Å². The standard InChI is InChI=1S/C24H40ClNO3S/c1-16(2)15-30(28)26-24(8,21(17(3)4)22(27)29-9)19-11-10-18(20(25)14-19)12-13-23(5,6)7/h10-11,14,16-17,21,26H,12-13,15H2,1-9H3/t21-,24-,30+/m1/s1. The topological polar surface area (TPSA) is 61.4 Å². The smallest absolute Gasteiger partial charge is 0.311 e. The predicted molar refractivity (Wildman–Crippen MR) is 128 cm³/mol. The third-order valence-electron chi connectivity index (χ3n) is 5.35. The average Bonchev–Trinajstić information content (AvgIpc) is 2.58. The van der Waals surface area contributed by atoms with Crippen LogP contribution in [-0.2, 0) is 32.9 Å². The van der Waals surface area contributed by atoms with Crippen molar-refractivity contribution in [3.63, 3.8) is 0 Å². The lowest BCUT2D eigenvalue weighted by Crippen LogP contribution is -2.54. The molecule has 0 heterocycles. The van der Waals surface area contributed by atoms with Gasteiger partial charge in [0.05, 0.1) is 18.6 Å². The van der Waals surface area contributed by atoms with Gasteiger partial charge >= 0.3 is 5.97 Å². The van der Waals surface area contributed by atoms with Crippen molar-refractivity contribution < 1.29 is 14.1 Å². The molecule has 1 aromatic carbocycles. The van der Waals surface area contributed by atoms with Gasteiger partial charge < -0.3 is 9.29 Å². The summed E-state index contributed by atoms with van der Waals surface area (Å²) < 4.78 is 21.2. The largest absolute Gasteiger partial charge is 0.598 e. The number of carbonyl (C=O) groups excluding carboxylic acids is 1. The summed E-state index contributed by atoms with van der Waals surface area (Å²) in [4.78, 5) is 12.7. The quantitative estimate of drug-likeness (QED) is 0.351. The maximum Gasteiger partial charge on any atom is 0.311 e. The summed E-state index contributed by atoms with van der Waals surface area (Å²) in [5, 5.41) is 0.673. The highest BCUT2D eigenvalue weighted by Gasteiger charge is 2.46. The van der Waals surface area contributed by atoms with Crippen molar-refractivity contribution >= 4 is 28.9 Å². The molecule has 0 aliphatic rings. The van der Waals surface area contributed by atoms with Crippen molar-refractivity contribution in [2.24, 2.45) is 23.2 Å². The first-order valence-corrected chi connectivity index (χ1v) is 12.4. The maximum absolute atomic E-state index is 12.9. The second kappa shape index (κ2) is 11.2. The molecule has 0 aliphatic carbocycles. The third-order valence-corrected chi connectivity index (χ3v) is 7.32. The molecule has 1 rings (SSSR count). The highest BCUT2D eigenvalue weighted by atomic mass is 35.5. The molecule has 1 aromatic rings. The summed E-state index contributed by atoms with van der Waals surface area (Å²) >= 11 is 5.36. The molecular weight excluding hydrogens is 418 g/mol. The number of halogens is 1. The normalized spacial score (nSPS) is 16.4. The number of esters is 1. The van der Waals surface area contributed by atoms with Crippen molar-refractivity contribution in [2.45, 2.75) is 73.8 Å². The maximum atomic E-state index is 12.9. The Morgan fingerprint density at radius 1 is 1.20 bits per heavy atom. The van der Waals surface area contributed by atoms with E-state index in [0.29, 0.717) is 10.8 Å². The summed E-state index contributed by atoms with van der Waals surface area (Å²) in [6.45, 7) is 16.6. The first kappa shape index (κ1) is 27.3. The minimum Gasteiger partial charge on any atom is -0.598 e. The zero-order valence-corrected chi connectivity index (χ0v) is 21.7. The van der Waals surface area contributed by atoms with E-state index < -0.39 is 22.8 Å². The van der Waals surface area contributed by atoms with Crippen LogP contribution in [0.4, 0.5) is 0 Å². The Balaban J connectivity index is 3.39. The molecule has 0 amide bonds. The molecule has 0 aromatic heterocycles. The van der Waals surface area contributed by atoms with Crippen LogP contribution >= 0.6 is 11.6 Å². The molecule has 3 atom stereocenters. The Labute approximate surface area is 191 Å². The summed E-state index contributed by atoms with van der Waals surface area (Å²) in [5.74, 6) is -0.101. The van der Waals surface area contributed by atoms with Crippen LogP contribution in [0.1, 0.15) is 72.9 Å². The van der Waals surface area contributed by atoms with Crippen LogP contribution in [0.25, 0.3) is 0 Å². The highest BCUT2D eigenvalue weighted by molar-refractivity contribution is 7.89. The van der Waals surface area contributed by atoms with Crippen LogP contribution in [0.5, 0.6) is 0 Å². The van der Waals surface area contributed by atoms with Crippen molar-refractivity contribution in [3.05, 3.63) is 34.3 Å². The molecule has 0 saturated carbocycles. The first-order valence-electron chi connectivity index (χ1n) is 10.7. The molecule has 1 N–H and O–H groups in total. The SMILES string of the molecule is COC(=O)[C@@H](C(C)C)[C@](C)(N[S@@+]([O-])CC(C)C)c1ccc(CCC(C)(C)C)c(Cl)c1. The minimum atomic E-state index is -1.30. The molecule has 172 valence electrons. The number of aryl methyl sites for hydroxylation is 1. The number of hydrogen-bond donors (Lipinski definition) is 1. The first-order chi connectivity index (χ1) is 13.7. The Morgan fingerprint density at radius 3 is 2.23 bits per heavy atom. The number of methoxy groups -OCH3 is 1. The zero-order valence-electron chi connectivity index (χ0n) is 20.1. The van der Waals surface area contributed by atoms with E-state index in [0.717, 1.165) is 24.0 Å². The Kier molecular flexibility index (Phi) is 10.2. The van der Waals surface area contributed by atoms with E-state index >= 15 is 0 Å². The van der Waals surface area contributed by atoms with Crippen molar-refractivity contribution in [2.75, 3.05) is 12.9 Å². The van der Waals surface area contributed by atoms with Crippen LogP contribution < -0.4 is 4.72 Å². The fourth-order valence-electron chi connectivity index (χ4n) is 3.77. The molecule has 0 aliphatic heterocycles. The molecule has 0 unspecified atom stereocenters. The Morgan fingerprint density at radius 2 is 1.80 bits per heavy atom. The van der Waals surface area contributed by atoms with Crippen LogP contribution in [0, 0.1) is 23.2 Å². The minimum absolute atomic E-state index is 0.0228. The molecule has 0 bridgehead atoms. The number of nitrogens with one attached hydrogen (secondary N) is 1. The van der Waals surface area contributed by atoms with Gasteiger partial charge in [-0.25, -0.2) is 0 Å².